The molecule has 0 spiro atoms. The second-order valence-electron chi connectivity index (χ2n) is 5.34. The van der Waals surface area contributed by atoms with Crippen LogP contribution in [0.1, 0.15) is 19.9 Å². The number of fused-ring (bicyclic) bond motifs is 1. The molecule has 0 N–H and O–H groups in total. The maximum atomic E-state index is 5.57. The second-order valence-corrected chi connectivity index (χ2v) is 6.42. The summed E-state index contributed by atoms with van der Waals surface area (Å²) in [6.07, 6.45) is 0. The molecule has 108 valence electrons. The van der Waals surface area contributed by atoms with Crippen molar-refractivity contribution < 1.29 is 4.74 Å². The molecule has 1 heterocycles. The molecule has 0 fully saturated rings. The minimum atomic E-state index is 0.387. The molecule has 0 bridgehead atoms. The van der Waals surface area contributed by atoms with Gasteiger partial charge >= 0.3 is 0 Å². The van der Waals surface area contributed by atoms with Crippen LogP contribution >= 0.6 is 22.6 Å². The summed E-state index contributed by atoms with van der Waals surface area (Å²) in [5, 5.41) is 1.30. The fraction of sp³-hybridized carbons (Fsp3) is 0.222. The van der Waals surface area contributed by atoms with Crippen LogP contribution in [-0.4, -0.2) is 11.7 Å². The zero-order valence-electron chi connectivity index (χ0n) is 12.4. The quantitative estimate of drug-likeness (QED) is 0.538. The van der Waals surface area contributed by atoms with Crippen molar-refractivity contribution in [2.75, 3.05) is 7.11 Å². The molecule has 3 heteroatoms. The fourth-order valence-electron chi connectivity index (χ4n) is 2.85. The van der Waals surface area contributed by atoms with Gasteiger partial charge in [-0.25, -0.2) is 0 Å². The van der Waals surface area contributed by atoms with Crippen LogP contribution in [0.4, 0.5) is 0 Å². The van der Waals surface area contributed by atoms with Crippen molar-refractivity contribution in [3.05, 3.63) is 52.1 Å². The van der Waals surface area contributed by atoms with E-state index in [1.54, 1.807) is 7.11 Å². The van der Waals surface area contributed by atoms with E-state index in [1.165, 1.54) is 20.2 Å². The average Bonchev–Trinajstić information content (AvgIpc) is 2.81. The standard InChI is InChI=1S/C18H18INO/c1-12(2)20-15-10-6-4-8-13(15)17(19)18(20)14-9-5-7-11-16(14)21-3/h4-12H,1-3H3. The van der Waals surface area contributed by atoms with Gasteiger partial charge in [-0.05, 0) is 54.6 Å². The number of para-hydroxylation sites is 2. The topological polar surface area (TPSA) is 14.2 Å². The molecule has 0 radical (unpaired) electrons. The molecule has 21 heavy (non-hydrogen) atoms. The Bertz CT molecular complexity index is 789. The van der Waals surface area contributed by atoms with Gasteiger partial charge in [0.15, 0.2) is 0 Å². The highest BCUT2D eigenvalue weighted by Gasteiger charge is 2.20. The third-order valence-corrected chi connectivity index (χ3v) is 4.82. The van der Waals surface area contributed by atoms with E-state index in [0.717, 1.165) is 11.3 Å². The van der Waals surface area contributed by atoms with Crippen LogP contribution in [0, 0.1) is 3.57 Å². The van der Waals surface area contributed by atoms with E-state index in [4.69, 9.17) is 4.74 Å². The normalized spacial score (nSPS) is 11.3. The SMILES string of the molecule is COc1ccccc1-c1c(I)c2ccccc2n1C(C)C. The maximum Gasteiger partial charge on any atom is 0.128 e. The number of rotatable bonds is 3. The number of aromatic nitrogens is 1. The first-order chi connectivity index (χ1) is 10.1. The van der Waals surface area contributed by atoms with Crippen LogP contribution in [0.15, 0.2) is 48.5 Å². The van der Waals surface area contributed by atoms with Crippen molar-refractivity contribution in [1.29, 1.82) is 0 Å². The first-order valence-corrected chi connectivity index (χ1v) is 8.14. The van der Waals surface area contributed by atoms with E-state index in [1.807, 2.05) is 12.1 Å². The molecular formula is C18H18INO. The van der Waals surface area contributed by atoms with E-state index in [9.17, 15) is 0 Å². The molecule has 0 aliphatic carbocycles. The first kappa shape index (κ1) is 14.4. The maximum absolute atomic E-state index is 5.57. The highest BCUT2D eigenvalue weighted by Crippen LogP contribution is 2.40. The summed E-state index contributed by atoms with van der Waals surface area (Å²) < 4.78 is 9.25. The van der Waals surface area contributed by atoms with Crippen molar-refractivity contribution in [2.24, 2.45) is 0 Å². The van der Waals surface area contributed by atoms with Crippen LogP contribution in [0.25, 0.3) is 22.2 Å². The predicted molar refractivity (Wildman–Crippen MR) is 97.0 cm³/mol. The Morgan fingerprint density at radius 2 is 1.67 bits per heavy atom. The van der Waals surface area contributed by atoms with Gasteiger partial charge in [-0.15, -0.1) is 0 Å². The number of halogens is 1. The summed E-state index contributed by atoms with van der Waals surface area (Å²) in [4.78, 5) is 0. The van der Waals surface area contributed by atoms with Gasteiger partial charge in [0.05, 0.1) is 12.8 Å². The Kier molecular flexibility index (Phi) is 3.93. The number of nitrogens with zero attached hydrogens (tertiary/aromatic N) is 1. The lowest BCUT2D eigenvalue weighted by Crippen LogP contribution is -2.03. The molecule has 0 amide bonds. The van der Waals surface area contributed by atoms with Gasteiger partial charge in [0.25, 0.3) is 0 Å². The summed E-state index contributed by atoms with van der Waals surface area (Å²) in [5.41, 5.74) is 3.66. The Morgan fingerprint density at radius 3 is 2.38 bits per heavy atom. The molecule has 0 saturated carbocycles. The Hall–Kier alpha value is -1.49. The van der Waals surface area contributed by atoms with E-state index in [2.05, 4.69) is 77.4 Å². The van der Waals surface area contributed by atoms with E-state index < -0.39 is 0 Å². The lowest BCUT2D eigenvalue weighted by molar-refractivity contribution is 0.416. The molecular weight excluding hydrogens is 373 g/mol. The summed E-state index contributed by atoms with van der Waals surface area (Å²) in [6, 6.07) is 17.2. The molecule has 0 unspecified atom stereocenters. The summed E-state index contributed by atoms with van der Waals surface area (Å²) in [7, 11) is 1.73. The number of hydrogen-bond donors (Lipinski definition) is 0. The lowest BCUT2D eigenvalue weighted by atomic mass is 10.1. The van der Waals surface area contributed by atoms with Crippen LogP contribution in [-0.2, 0) is 0 Å². The van der Waals surface area contributed by atoms with Crippen LogP contribution in [0.5, 0.6) is 5.75 Å². The highest BCUT2D eigenvalue weighted by molar-refractivity contribution is 14.1. The molecule has 0 aliphatic rings. The molecule has 3 aromatic rings. The Morgan fingerprint density at radius 1 is 1.00 bits per heavy atom. The van der Waals surface area contributed by atoms with Crippen molar-refractivity contribution in [3.63, 3.8) is 0 Å². The molecule has 0 saturated heterocycles. The molecule has 3 rings (SSSR count). The van der Waals surface area contributed by atoms with Gasteiger partial charge in [0.1, 0.15) is 5.75 Å². The minimum Gasteiger partial charge on any atom is -0.496 e. The third kappa shape index (κ3) is 2.33. The predicted octanol–water partition coefficient (Wildman–Crippen LogP) is 5.50. The number of methoxy groups -OCH3 is 1. The molecule has 0 atom stereocenters. The van der Waals surface area contributed by atoms with Crippen LogP contribution in [0.2, 0.25) is 0 Å². The largest absolute Gasteiger partial charge is 0.496 e. The number of hydrogen-bond acceptors (Lipinski definition) is 1. The second kappa shape index (κ2) is 5.72. The van der Waals surface area contributed by atoms with Gasteiger partial charge in [0.2, 0.25) is 0 Å². The lowest BCUT2D eigenvalue weighted by Gasteiger charge is -2.17. The highest BCUT2D eigenvalue weighted by atomic mass is 127. The summed E-state index contributed by atoms with van der Waals surface area (Å²) in [5.74, 6) is 0.917. The van der Waals surface area contributed by atoms with Crippen LogP contribution in [0.3, 0.4) is 0 Å². The van der Waals surface area contributed by atoms with E-state index in [0.29, 0.717) is 6.04 Å². The van der Waals surface area contributed by atoms with Crippen molar-refractivity contribution in [2.45, 2.75) is 19.9 Å². The van der Waals surface area contributed by atoms with Crippen molar-refractivity contribution >= 4 is 33.5 Å². The Labute approximate surface area is 138 Å². The molecule has 1 aromatic heterocycles. The van der Waals surface area contributed by atoms with Crippen LogP contribution < -0.4 is 4.74 Å². The van der Waals surface area contributed by atoms with Crippen molar-refractivity contribution in [1.82, 2.24) is 4.57 Å². The summed E-state index contributed by atoms with van der Waals surface area (Å²) in [6.45, 7) is 4.45. The fourth-order valence-corrected chi connectivity index (χ4v) is 3.85. The van der Waals surface area contributed by atoms with Gasteiger partial charge < -0.3 is 9.30 Å². The van der Waals surface area contributed by atoms with E-state index >= 15 is 0 Å². The summed E-state index contributed by atoms with van der Waals surface area (Å²) >= 11 is 2.45. The third-order valence-electron chi connectivity index (χ3n) is 3.73. The van der Waals surface area contributed by atoms with Crippen molar-refractivity contribution in [3.8, 4) is 17.0 Å². The van der Waals surface area contributed by atoms with E-state index in [-0.39, 0.29) is 0 Å². The number of ether oxygens (including phenoxy) is 1. The number of benzene rings is 2. The zero-order chi connectivity index (χ0) is 15.0. The van der Waals surface area contributed by atoms with Gasteiger partial charge in [-0.2, -0.15) is 0 Å². The smallest absolute Gasteiger partial charge is 0.128 e. The first-order valence-electron chi connectivity index (χ1n) is 7.07. The van der Waals surface area contributed by atoms with Gasteiger partial charge in [0, 0.05) is 26.1 Å². The Balaban J connectivity index is 2.41. The average molecular weight is 391 g/mol. The van der Waals surface area contributed by atoms with Gasteiger partial charge in [-0.3, -0.25) is 0 Å². The monoisotopic (exact) mass is 391 g/mol. The molecule has 0 aliphatic heterocycles. The zero-order valence-corrected chi connectivity index (χ0v) is 14.6. The minimum absolute atomic E-state index is 0.387. The molecule has 2 aromatic carbocycles. The molecule has 2 nitrogen and oxygen atoms in total. The van der Waals surface area contributed by atoms with Gasteiger partial charge in [-0.1, -0.05) is 30.3 Å².